The number of carbonyl (C=O) groups excluding carboxylic acids is 3. The second-order valence-electron chi connectivity index (χ2n) is 12.2. The molecule has 4 N–H and O–H groups in total. The lowest BCUT2D eigenvalue weighted by Crippen LogP contribution is -2.56. The molecule has 0 saturated carbocycles. The highest BCUT2D eigenvalue weighted by Crippen LogP contribution is 2.53. The first-order valence-corrected chi connectivity index (χ1v) is 17.7. The zero-order valence-corrected chi connectivity index (χ0v) is 26.4. The molecule has 0 unspecified atom stereocenters. The Bertz CT molecular complexity index is 1830. The van der Waals surface area contributed by atoms with Crippen LogP contribution >= 0.6 is 18.9 Å². The fourth-order valence-corrected chi connectivity index (χ4v) is 8.50. The maximum atomic E-state index is 14.3. The van der Waals surface area contributed by atoms with Crippen molar-refractivity contribution in [3.63, 3.8) is 0 Å². The van der Waals surface area contributed by atoms with Crippen LogP contribution in [0.1, 0.15) is 71.2 Å². The number of hydrogen-bond acceptors (Lipinski definition) is 7. The molecule has 12 nitrogen and oxygen atoms in total. The minimum absolute atomic E-state index is 0.149. The number of alkyl halides is 1. The molecule has 15 heteroatoms. The molecule has 1 aromatic carbocycles. The lowest BCUT2D eigenvalue weighted by molar-refractivity contribution is -0.146. The summed E-state index contributed by atoms with van der Waals surface area (Å²) in [5.74, 6) is -4.39. The van der Waals surface area contributed by atoms with Gasteiger partial charge in [0, 0.05) is 42.0 Å². The van der Waals surface area contributed by atoms with Gasteiger partial charge in [-0.05, 0) is 66.5 Å². The van der Waals surface area contributed by atoms with Gasteiger partial charge in [0.05, 0.1) is 16.9 Å². The number of nitrogens with zero attached hydrogens (tertiary/aromatic N) is 3. The average molecular weight is 670 g/mol. The third-order valence-corrected chi connectivity index (χ3v) is 11.3. The number of H-pyrrole nitrogens is 1. The van der Waals surface area contributed by atoms with Crippen LogP contribution in [0.5, 0.6) is 0 Å². The predicted octanol–water partition coefficient (Wildman–Crippen LogP) is 3.53. The van der Waals surface area contributed by atoms with Gasteiger partial charge in [0.1, 0.15) is 12.1 Å². The average Bonchev–Trinajstić information content (AvgIpc) is 3.76. The van der Waals surface area contributed by atoms with E-state index in [4.69, 9.17) is 0 Å². The number of fused-ring (bicyclic) bond motifs is 2. The van der Waals surface area contributed by atoms with Gasteiger partial charge >= 0.3 is 7.60 Å². The number of halogens is 1. The molecule has 0 aliphatic carbocycles. The van der Waals surface area contributed by atoms with Gasteiger partial charge in [-0.1, -0.05) is 18.9 Å². The van der Waals surface area contributed by atoms with Crippen LogP contribution in [0.4, 0.5) is 4.39 Å². The Morgan fingerprint density at radius 2 is 1.87 bits per heavy atom. The summed E-state index contributed by atoms with van der Waals surface area (Å²) in [6.45, 7) is 0.454. The molecule has 0 spiro atoms. The van der Waals surface area contributed by atoms with Crippen LogP contribution in [-0.2, 0) is 14.2 Å². The zero-order valence-electron chi connectivity index (χ0n) is 24.7. The Labute approximate surface area is 267 Å². The molecule has 0 bridgehead atoms. The van der Waals surface area contributed by atoms with Crippen molar-refractivity contribution in [2.45, 2.75) is 68.5 Å². The maximum absolute atomic E-state index is 14.3. The van der Waals surface area contributed by atoms with Crippen molar-refractivity contribution >= 4 is 46.7 Å². The van der Waals surface area contributed by atoms with Gasteiger partial charge in [-0.15, -0.1) is 11.3 Å². The van der Waals surface area contributed by atoms with E-state index in [2.05, 4.69) is 16.4 Å². The van der Waals surface area contributed by atoms with Crippen molar-refractivity contribution in [2.24, 2.45) is 5.92 Å². The molecule has 242 valence electrons. The van der Waals surface area contributed by atoms with Crippen molar-refractivity contribution in [1.29, 1.82) is 5.26 Å². The van der Waals surface area contributed by atoms with Crippen molar-refractivity contribution in [3.05, 3.63) is 69.0 Å². The Morgan fingerprint density at radius 3 is 2.61 bits per heavy atom. The molecule has 2 aromatic heterocycles. The largest absolute Gasteiger partial charge is 0.363 e. The summed E-state index contributed by atoms with van der Waals surface area (Å²) in [5.41, 5.74) is 0.203. The van der Waals surface area contributed by atoms with E-state index >= 15 is 0 Å². The van der Waals surface area contributed by atoms with Gasteiger partial charge in [-0.25, -0.2) is 4.39 Å². The first kappa shape index (κ1) is 32.1. The SMILES string of the molecule is N#C[C@H]1CN(C(=O)[C@@H]2CC[C@@H]3CCCC[C@H](NC(=O)c4cc5cc([C@@H](F)P(=O)(O)O)ccc5s4)C(=O)N32)C[C@@H]1c1cc[nH]c(=O)c1. The van der Waals surface area contributed by atoms with Gasteiger partial charge in [0.2, 0.25) is 23.3 Å². The van der Waals surface area contributed by atoms with Crippen molar-refractivity contribution in [2.75, 3.05) is 13.1 Å². The summed E-state index contributed by atoms with van der Waals surface area (Å²) in [4.78, 5) is 77.8. The summed E-state index contributed by atoms with van der Waals surface area (Å²) < 4.78 is 26.3. The number of nitrogens with one attached hydrogen (secondary N) is 2. The maximum Gasteiger partial charge on any atom is 0.363 e. The minimum atomic E-state index is -5.00. The molecule has 3 amide bonds. The van der Waals surface area contributed by atoms with E-state index in [-0.39, 0.29) is 52.9 Å². The Balaban J connectivity index is 1.19. The number of benzene rings is 1. The molecule has 3 fully saturated rings. The summed E-state index contributed by atoms with van der Waals surface area (Å²) in [5, 5.41) is 13.1. The van der Waals surface area contributed by atoms with E-state index in [1.54, 1.807) is 15.9 Å². The molecule has 3 aliphatic heterocycles. The molecular weight excluding hydrogens is 636 g/mol. The molecule has 3 aromatic rings. The Kier molecular flexibility index (Phi) is 8.87. The first-order valence-electron chi connectivity index (χ1n) is 15.2. The van der Waals surface area contributed by atoms with Gasteiger partial charge in [0.15, 0.2) is 0 Å². The van der Waals surface area contributed by atoms with Crippen molar-refractivity contribution in [3.8, 4) is 6.07 Å². The third kappa shape index (κ3) is 6.25. The smallest absolute Gasteiger partial charge is 0.340 e. The molecule has 6 atom stereocenters. The van der Waals surface area contributed by atoms with Crippen LogP contribution in [0.15, 0.2) is 47.4 Å². The summed E-state index contributed by atoms with van der Waals surface area (Å²) in [7, 11) is -5.00. The summed E-state index contributed by atoms with van der Waals surface area (Å²) >= 11 is 1.11. The third-order valence-electron chi connectivity index (χ3n) is 9.28. The second kappa shape index (κ2) is 12.7. The van der Waals surface area contributed by atoms with Crippen molar-refractivity contribution < 1.29 is 33.1 Å². The summed E-state index contributed by atoms with van der Waals surface area (Å²) in [6, 6.07) is 9.28. The number of carbonyl (C=O) groups is 3. The molecule has 3 aliphatic rings. The lowest BCUT2D eigenvalue weighted by Gasteiger charge is -2.36. The van der Waals surface area contributed by atoms with Crippen LogP contribution in [0, 0.1) is 17.2 Å². The van der Waals surface area contributed by atoms with E-state index in [0.29, 0.717) is 41.3 Å². The standard InChI is InChI=1S/C31H33FN5O7PS/c32-28(45(42,43)44)18-5-8-25-19(11-18)12-26(46-25)29(39)35-23-4-2-1-3-21-6-7-24(37(21)30(23)40)31(41)36-15-20(14-33)22(16-36)17-9-10-34-27(38)13-17/h5,8-13,20-24,28H,1-4,6-7,15-16H2,(H,34,38)(H,35,39)(H2,42,43,44)/t20-,21-,22+,23-,24-,28-/m0/s1. The minimum Gasteiger partial charge on any atom is -0.340 e. The molecule has 5 heterocycles. The fraction of sp³-hybridized carbons (Fsp3) is 0.452. The highest BCUT2D eigenvalue weighted by molar-refractivity contribution is 7.51. The van der Waals surface area contributed by atoms with Crippen LogP contribution < -0.4 is 10.9 Å². The van der Waals surface area contributed by atoms with Crippen molar-refractivity contribution in [1.82, 2.24) is 20.1 Å². The van der Waals surface area contributed by atoms with Crippen LogP contribution in [0.3, 0.4) is 0 Å². The molecule has 3 saturated heterocycles. The van der Waals surface area contributed by atoms with E-state index in [9.17, 15) is 43.2 Å². The number of nitriles is 1. The number of thiophene rings is 1. The number of aromatic amines is 1. The number of amides is 3. The zero-order chi connectivity index (χ0) is 32.7. The molecule has 0 radical (unpaired) electrons. The Morgan fingerprint density at radius 1 is 1.09 bits per heavy atom. The van der Waals surface area contributed by atoms with E-state index in [1.807, 2.05) is 0 Å². The normalized spacial score (nSPS) is 25.9. The van der Waals surface area contributed by atoms with Gasteiger partial charge in [0.25, 0.3) is 5.91 Å². The van der Waals surface area contributed by atoms with E-state index < -0.39 is 37.4 Å². The van der Waals surface area contributed by atoms with Gasteiger partial charge in [-0.3, -0.25) is 23.7 Å². The predicted molar refractivity (Wildman–Crippen MR) is 167 cm³/mol. The fourth-order valence-electron chi connectivity index (χ4n) is 7.01. The number of aromatic nitrogens is 1. The number of likely N-dealkylation sites (tertiary alicyclic amines) is 1. The van der Waals surface area contributed by atoms with Gasteiger partial charge < -0.3 is 29.9 Å². The second-order valence-corrected chi connectivity index (χ2v) is 14.9. The monoisotopic (exact) mass is 669 g/mol. The lowest BCUT2D eigenvalue weighted by atomic mass is 9.91. The topological polar surface area (TPSA) is 184 Å². The van der Waals surface area contributed by atoms with Crippen LogP contribution in [0.2, 0.25) is 0 Å². The molecule has 6 rings (SSSR count). The van der Waals surface area contributed by atoms with Gasteiger partial charge in [-0.2, -0.15) is 5.26 Å². The first-order chi connectivity index (χ1) is 21.9. The number of hydrogen-bond donors (Lipinski definition) is 4. The molecule has 46 heavy (non-hydrogen) atoms. The Hall–Kier alpha value is -3.89. The number of pyridine rings is 1. The highest BCUT2D eigenvalue weighted by Gasteiger charge is 2.47. The van der Waals surface area contributed by atoms with Crippen LogP contribution in [-0.4, -0.2) is 73.5 Å². The quantitative estimate of drug-likeness (QED) is 0.287. The van der Waals surface area contributed by atoms with E-state index in [0.717, 1.165) is 24.2 Å². The number of rotatable bonds is 6. The summed E-state index contributed by atoms with van der Waals surface area (Å²) in [6.07, 6.45) is 5.32. The van der Waals surface area contributed by atoms with E-state index in [1.165, 1.54) is 36.5 Å². The highest BCUT2D eigenvalue weighted by atomic mass is 32.1. The van der Waals surface area contributed by atoms with Crippen LogP contribution in [0.25, 0.3) is 10.1 Å². The molecular formula is C31H33FN5O7PS.